The van der Waals surface area contributed by atoms with E-state index in [0.29, 0.717) is 6.04 Å². The smallest absolute Gasteiger partial charge is 0.122 e. The van der Waals surface area contributed by atoms with Crippen LogP contribution in [-0.2, 0) is 6.42 Å². The predicted octanol–water partition coefficient (Wildman–Crippen LogP) is 1.79. The first-order valence-electron chi connectivity index (χ1n) is 5.91. The summed E-state index contributed by atoms with van der Waals surface area (Å²) < 4.78 is 5.50. The highest BCUT2D eigenvalue weighted by Gasteiger charge is 2.15. The van der Waals surface area contributed by atoms with Crippen molar-refractivity contribution in [3.63, 3.8) is 0 Å². The molecule has 0 amide bonds. The second-order valence-corrected chi connectivity index (χ2v) is 4.43. The molecule has 0 spiro atoms. The van der Waals surface area contributed by atoms with Gasteiger partial charge in [0.2, 0.25) is 0 Å². The fourth-order valence-corrected chi connectivity index (χ4v) is 2.08. The van der Waals surface area contributed by atoms with E-state index < -0.39 is 0 Å². The third-order valence-corrected chi connectivity index (χ3v) is 3.33. The first kappa shape index (κ1) is 11.3. The van der Waals surface area contributed by atoms with Crippen LogP contribution in [0.25, 0.3) is 0 Å². The highest BCUT2D eigenvalue weighted by molar-refractivity contribution is 5.54. The van der Waals surface area contributed by atoms with Gasteiger partial charge in [-0.05, 0) is 43.7 Å². The fraction of sp³-hybridized carbons (Fsp3) is 0.538. The van der Waals surface area contributed by atoms with Gasteiger partial charge in [-0.15, -0.1) is 0 Å². The third kappa shape index (κ3) is 2.14. The summed E-state index contributed by atoms with van der Waals surface area (Å²) >= 11 is 0. The van der Waals surface area contributed by atoms with Crippen molar-refractivity contribution in [3.05, 3.63) is 23.8 Å². The van der Waals surface area contributed by atoms with Crippen molar-refractivity contribution in [3.8, 4) is 5.75 Å². The van der Waals surface area contributed by atoms with Crippen molar-refractivity contribution in [1.82, 2.24) is 0 Å². The van der Waals surface area contributed by atoms with E-state index in [1.54, 1.807) is 0 Å². The van der Waals surface area contributed by atoms with E-state index in [1.165, 1.54) is 11.3 Å². The van der Waals surface area contributed by atoms with E-state index >= 15 is 0 Å². The highest BCUT2D eigenvalue weighted by atomic mass is 16.5. The van der Waals surface area contributed by atoms with Crippen LogP contribution in [0.15, 0.2) is 18.2 Å². The Morgan fingerprint density at radius 2 is 2.31 bits per heavy atom. The van der Waals surface area contributed by atoms with E-state index in [-0.39, 0.29) is 0 Å². The summed E-state index contributed by atoms with van der Waals surface area (Å²) in [6.07, 6.45) is 2.05. The molecule has 3 heteroatoms. The number of rotatable bonds is 4. The summed E-state index contributed by atoms with van der Waals surface area (Å²) in [5.41, 5.74) is 8.17. The van der Waals surface area contributed by atoms with Gasteiger partial charge in [-0.2, -0.15) is 0 Å². The monoisotopic (exact) mass is 220 g/mol. The van der Waals surface area contributed by atoms with Crippen LogP contribution in [0.5, 0.6) is 5.75 Å². The molecule has 1 aromatic rings. The summed E-state index contributed by atoms with van der Waals surface area (Å²) in [7, 11) is 2.12. The molecule has 1 atom stereocenters. The molecule has 2 N–H and O–H groups in total. The summed E-state index contributed by atoms with van der Waals surface area (Å²) in [6, 6.07) is 6.90. The average Bonchev–Trinajstić information content (AvgIpc) is 2.75. The summed E-state index contributed by atoms with van der Waals surface area (Å²) in [5.74, 6) is 1.05. The zero-order valence-corrected chi connectivity index (χ0v) is 10.1. The number of benzene rings is 1. The van der Waals surface area contributed by atoms with E-state index in [9.17, 15) is 0 Å². The van der Waals surface area contributed by atoms with Crippen LogP contribution in [0.2, 0.25) is 0 Å². The quantitative estimate of drug-likeness (QED) is 0.841. The zero-order valence-electron chi connectivity index (χ0n) is 10.1. The van der Waals surface area contributed by atoms with E-state index in [2.05, 4.69) is 37.1 Å². The lowest BCUT2D eigenvalue weighted by Gasteiger charge is -2.27. The maximum absolute atomic E-state index is 5.59. The minimum atomic E-state index is 0.477. The molecule has 1 heterocycles. The summed E-state index contributed by atoms with van der Waals surface area (Å²) in [5, 5.41) is 0. The number of hydrogen-bond donors (Lipinski definition) is 1. The number of hydrogen-bond acceptors (Lipinski definition) is 3. The van der Waals surface area contributed by atoms with E-state index in [1.807, 2.05) is 0 Å². The van der Waals surface area contributed by atoms with Crippen molar-refractivity contribution in [1.29, 1.82) is 0 Å². The SMILES string of the molecule is CC(CCN)N(C)c1ccc2c(c1)CCO2. The van der Waals surface area contributed by atoms with Crippen LogP contribution in [-0.4, -0.2) is 26.2 Å². The maximum atomic E-state index is 5.59. The molecule has 0 saturated carbocycles. The molecule has 3 nitrogen and oxygen atoms in total. The maximum Gasteiger partial charge on any atom is 0.122 e. The number of anilines is 1. The Kier molecular flexibility index (Phi) is 3.34. The van der Waals surface area contributed by atoms with Gasteiger partial charge in [-0.1, -0.05) is 0 Å². The molecule has 0 radical (unpaired) electrons. The van der Waals surface area contributed by atoms with E-state index in [4.69, 9.17) is 10.5 Å². The molecule has 2 rings (SSSR count). The van der Waals surface area contributed by atoms with Crippen LogP contribution in [0.1, 0.15) is 18.9 Å². The lowest BCUT2D eigenvalue weighted by molar-refractivity contribution is 0.357. The first-order valence-corrected chi connectivity index (χ1v) is 5.91. The van der Waals surface area contributed by atoms with Gasteiger partial charge in [0.15, 0.2) is 0 Å². The predicted molar refractivity (Wildman–Crippen MR) is 67.2 cm³/mol. The van der Waals surface area contributed by atoms with E-state index in [0.717, 1.165) is 31.7 Å². The molecule has 0 bridgehead atoms. The molecule has 16 heavy (non-hydrogen) atoms. The van der Waals surface area contributed by atoms with Crippen LogP contribution < -0.4 is 15.4 Å². The van der Waals surface area contributed by atoms with Crippen LogP contribution in [0.4, 0.5) is 5.69 Å². The van der Waals surface area contributed by atoms with Gasteiger partial charge >= 0.3 is 0 Å². The van der Waals surface area contributed by atoms with Gasteiger partial charge < -0.3 is 15.4 Å². The zero-order chi connectivity index (χ0) is 11.5. The molecule has 0 saturated heterocycles. The fourth-order valence-electron chi connectivity index (χ4n) is 2.08. The molecule has 1 unspecified atom stereocenters. The number of nitrogens with two attached hydrogens (primary N) is 1. The Bertz CT molecular complexity index is 365. The lowest BCUT2D eigenvalue weighted by Crippen LogP contribution is -2.30. The minimum absolute atomic E-state index is 0.477. The number of fused-ring (bicyclic) bond motifs is 1. The minimum Gasteiger partial charge on any atom is -0.493 e. The Morgan fingerprint density at radius 1 is 1.50 bits per heavy atom. The van der Waals surface area contributed by atoms with Crippen LogP contribution in [0, 0.1) is 0 Å². The average molecular weight is 220 g/mol. The molecule has 0 fully saturated rings. The molecule has 88 valence electrons. The molecular weight excluding hydrogens is 200 g/mol. The van der Waals surface area contributed by atoms with Crippen LogP contribution in [0.3, 0.4) is 0 Å². The Morgan fingerprint density at radius 3 is 3.06 bits per heavy atom. The second kappa shape index (κ2) is 4.74. The van der Waals surface area contributed by atoms with Gasteiger partial charge in [0, 0.05) is 25.2 Å². The first-order chi connectivity index (χ1) is 7.72. The molecular formula is C13H20N2O. The number of nitrogens with zero attached hydrogens (tertiary/aromatic N) is 1. The van der Waals surface area contributed by atoms with Gasteiger partial charge in [0.25, 0.3) is 0 Å². The number of ether oxygens (including phenoxy) is 1. The molecule has 1 aliphatic rings. The molecule has 0 aromatic heterocycles. The second-order valence-electron chi connectivity index (χ2n) is 4.43. The standard InChI is InChI=1S/C13H20N2O/c1-10(5-7-14)15(2)12-3-4-13-11(9-12)6-8-16-13/h3-4,9-10H,5-8,14H2,1-2H3. The molecule has 1 aliphatic heterocycles. The van der Waals surface area contributed by atoms with Gasteiger partial charge in [-0.25, -0.2) is 0 Å². The summed E-state index contributed by atoms with van der Waals surface area (Å²) in [4.78, 5) is 2.28. The van der Waals surface area contributed by atoms with Gasteiger partial charge in [0.1, 0.15) is 5.75 Å². The largest absolute Gasteiger partial charge is 0.493 e. The third-order valence-electron chi connectivity index (χ3n) is 3.33. The van der Waals surface area contributed by atoms with Crippen molar-refractivity contribution in [2.45, 2.75) is 25.8 Å². The lowest BCUT2D eigenvalue weighted by atomic mass is 10.1. The molecule has 0 aliphatic carbocycles. The van der Waals surface area contributed by atoms with Crippen molar-refractivity contribution >= 4 is 5.69 Å². The normalized spacial score (nSPS) is 15.4. The van der Waals surface area contributed by atoms with Crippen molar-refractivity contribution in [2.75, 3.05) is 25.1 Å². The van der Waals surface area contributed by atoms with Crippen molar-refractivity contribution < 1.29 is 4.74 Å². The molecule has 1 aromatic carbocycles. The van der Waals surface area contributed by atoms with Crippen molar-refractivity contribution in [2.24, 2.45) is 5.73 Å². The Hall–Kier alpha value is -1.22. The van der Waals surface area contributed by atoms with Crippen LogP contribution >= 0.6 is 0 Å². The van der Waals surface area contributed by atoms with Gasteiger partial charge in [0.05, 0.1) is 6.61 Å². The topological polar surface area (TPSA) is 38.5 Å². The Balaban J connectivity index is 2.14. The van der Waals surface area contributed by atoms with Gasteiger partial charge in [-0.3, -0.25) is 0 Å². The highest BCUT2D eigenvalue weighted by Crippen LogP contribution is 2.29. The summed E-state index contributed by atoms with van der Waals surface area (Å²) in [6.45, 7) is 3.76. The Labute approximate surface area is 97.2 Å².